The molecule has 6 heteroatoms. The van der Waals surface area contributed by atoms with Crippen LogP contribution >= 0.6 is 0 Å². The molecule has 0 saturated heterocycles. The van der Waals surface area contributed by atoms with E-state index < -0.39 is 23.2 Å². The molecule has 20 heavy (non-hydrogen) atoms. The van der Waals surface area contributed by atoms with Crippen LogP contribution < -0.4 is 0 Å². The molecule has 1 N–H and O–H groups in total. The fourth-order valence-corrected chi connectivity index (χ4v) is 2.60. The Morgan fingerprint density at radius 1 is 1.15 bits per heavy atom. The van der Waals surface area contributed by atoms with E-state index in [0.29, 0.717) is 6.54 Å². The third-order valence-corrected chi connectivity index (χ3v) is 3.99. The second-order valence-electron chi connectivity index (χ2n) is 6.16. The minimum Gasteiger partial charge on any atom is -0.481 e. The highest BCUT2D eigenvalue weighted by Gasteiger charge is 2.66. The van der Waals surface area contributed by atoms with Gasteiger partial charge >= 0.3 is 5.97 Å². The molecule has 0 aromatic heterocycles. The molecule has 2 atom stereocenters. The van der Waals surface area contributed by atoms with Crippen LogP contribution in [0.2, 0.25) is 0 Å². The van der Waals surface area contributed by atoms with Gasteiger partial charge in [-0.15, -0.1) is 0 Å². The Kier molecular flexibility index (Phi) is 4.78. The van der Waals surface area contributed by atoms with Crippen molar-refractivity contribution in [3.8, 4) is 0 Å². The molecule has 0 aromatic rings. The molecule has 1 aliphatic carbocycles. The van der Waals surface area contributed by atoms with Crippen molar-refractivity contribution in [3.63, 3.8) is 0 Å². The minimum atomic E-state index is -0.941. The van der Waals surface area contributed by atoms with Crippen LogP contribution in [0.15, 0.2) is 0 Å². The number of hydrogen-bond donors (Lipinski definition) is 1. The largest absolute Gasteiger partial charge is 0.481 e. The number of nitrogens with zero attached hydrogens (tertiary/aromatic N) is 2. The number of likely N-dealkylation sites (N-methyl/N-ethyl adjacent to an activating group) is 1. The van der Waals surface area contributed by atoms with E-state index in [-0.39, 0.29) is 18.4 Å². The van der Waals surface area contributed by atoms with E-state index in [2.05, 4.69) is 0 Å². The molecule has 0 spiro atoms. The maximum atomic E-state index is 12.5. The first-order valence-electron chi connectivity index (χ1n) is 6.86. The normalized spacial score (nSPS) is 23.1. The topological polar surface area (TPSA) is 77.9 Å². The summed E-state index contributed by atoms with van der Waals surface area (Å²) in [6, 6.07) is 0. The molecule has 1 rings (SSSR count). The van der Waals surface area contributed by atoms with Crippen molar-refractivity contribution >= 4 is 17.8 Å². The van der Waals surface area contributed by atoms with Gasteiger partial charge in [-0.05, 0) is 11.8 Å². The molecule has 114 valence electrons. The quantitative estimate of drug-likeness (QED) is 0.777. The standard InChI is InChI=1S/C14H24N2O4/c1-6-7-16(8-9(17)15(4)5)12(18)10-11(13(19)20)14(10,2)3/h10-11H,6-8H2,1-5H3,(H,19,20)/t10-,11+/m1/s1. The molecule has 6 nitrogen and oxygen atoms in total. The van der Waals surface area contributed by atoms with Crippen LogP contribution in [0.5, 0.6) is 0 Å². The molecule has 0 unspecified atom stereocenters. The van der Waals surface area contributed by atoms with Crippen molar-refractivity contribution in [3.05, 3.63) is 0 Å². The fraction of sp³-hybridized carbons (Fsp3) is 0.786. The number of rotatable bonds is 6. The Labute approximate surface area is 119 Å². The Balaban J connectivity index is 2.81. The van der Waals surface area contributed by atoms with E-state index >= 15 is 0 Å². The molecule has 0 radical (unpaired) electrons. The van der Waals surface area contributed by atoms with Gasteiger partial charge in [-0.2, -0.15) is 0 Å². The van der Waals surface area contributed by atoms with E-state index in [0.717, 1.165) is 6.42 Å². The highest BCUT2D eigenvalue weighted by molar-refractivity contribution is 5.93. The van der Waals surface area contributed by atoms with Crippen LogP contribution in [0.4, 0.5) is 0 Å². The number of hydrogen-bond acceptors (Lipinski definition) is 3. The van der Waals surface area contributed by atoms with E-state index in [1.54, 1.807) is 27.9 Å². The monoisotopic (exact) mass is 284 g/mol. The van der Waals surface area contributed by atoms with E-state index in [9.17, 15) is 14.4 Å². The average molecular weight is 284 g/mol. The lowest BCUT2D eigenvalue weighted by molar-refractivity contribution is -0.143. The van der Waals surface area contributed by atoms with Crippen LogP contribution in [-0.2, 0) is 14.4 Å². The van der Waals surface area contributed by atoms with Crippen LogP contribution in [0.3, 0.4) is 0 Å². The van der Waals surface area contributed by atoms with Gasteiger partial charge in [-0.25, -0.2) is 0 Å². The first-order valence-corrected chi connectivity index (χ1v) is 6.86. The summed E-state index contributed by atoms with van der Waals surface area (Å²) < 4.78 is 0. The van der Waals surface area contributed by atoms with E-state index in [1.165, 1.54) is 9.80 Å². The number of carboxylic acid groups (broad SMARTS) is 1. The summed E-state index contributed by atoms with van der Waals surface area (Å²) in [6.45, 7) is 5.97. The van der Waals surface area contributed by atoms with Crippen molar-refractivity contribution in [1.82, 2.24) is 9.80 Å². The SMILES string of the molecule is CCCN(CC(=O)N(C)C)C(=O)[C@H]1[C@@H](C(=O)O)C1(C)C. The lowest BCUT2D eigenvalue weighted by atomic mass is 10.1. The summed E-state index contributed by atoms with van der Waals surface area (Å²) in [4.78, 5) is 38.3. The first-order chi connectivity index (χ1) is 9.14. The molecule has 1 fully saturated rings. The zero-order valence-corrected chi connectivity index (χ0v) is 12.8. The van der Waals surface area contributed by atoms with Gasteiger partial charge < -0.3 is 14.9 Å². The van der Waals surface area contributed by atoms with Crippen molar-refractivity contribution in [1.29, 1.82) is 0 Å². The maximum Gasteiger partial charge on any atom is 0.307 e. The van der Waals surface area contributed by atoms with Gasteiger partial charge in [0.15, 0.2) is 0 Å². The van der Waals surface area contributed by atoms with Gasteiger partial charge in [0, 0.05) is 20.6 Å². The average Bonchev–Trinajstić information content (AvgIpc) is 2.90. The first kappa shape index (κ1) is 16.5. The van der Waals surface area contributed by atoms with Crippen molar-refractivity contribution < 1.29 is 19.5 Å². The summed E-state index contributed by atoms with van der Waals surface area (Å²) in [7, 11) is 3.27. The summed E-state index contributed by atoms with van der Waals surface area (Å²) >= 11 is 0. The van der Waals surface area contributed by atoms with Gasteiger partial charge in [0.2, 0.25) is 11.8 Å². The van der Waals surface area contributed by atoms with E-state index in [4.69, 9.17) is 5.11 Å². The summed E-state index contributed by atoms with van der Waals surface area (Å²) in [6.07, 6.45) is 0.733. The van der Waals surface area contributed by atoms with Gasteiger partial charge in [-0.1, -0.05) is 20.8 Å². The molecular weight excluding hydrogens is 260 g/mol. The second kappa shape index (κ2) is 5.81. The van der Waals surface area contributed by atoms with Gasteiger partial charge in [0.1, 0.15) is 0 Å². The number of carbonyl (C=O) groups excluding carboxylic acids is 2. The number of carbonyl (C=O) groups is 3. The highest BCUT2D eigenvalue weighted by atomic mass is 16.4. The molecule has 1 saturated carbocycles. The van der Waals surface area contributed by atoms with E-state index in [1.807, 2.05) is 6.92 Å². The fourth-order valence-electron chi connectivity index (χ4n) is 2.60. The Bertz CT molecular complexity index is 417. The molecule has 2 amide bonds. The predicted molar refractivity (Wildman–Crippen MR) is 74.0 cm³/mol. The Hall–Kier alpha value is -1.59. The summed E-state index contributed by atoms with van der Waals surface area (Å²) in [5.74, 6) is -2.49. The molecule has 0 heterocycles. The lowest BCUT2D eigenvalue weighted by Crippen LogP contribution is -2.42. The zero-order chi connectivity index (χ0) is 15.7. The number of aliphatic carboxylic acids is 1. The van der Waals surface area contributed by atoms with Crippen LogP contribution in [0.25, 0.3) is 0 Å². The van der Waals surface area contributed by atoms with Crippen molar-refractivity contribution in [2.75, 3.05) is 27.2 Å². The molecule has 1 aliphatic rings. The molecule has 0 aromatic carbocycles. The number of amides is 2. The van der Waals surface area contributed by atoms with Gasteiger partial charge in [-0.3, -0.25) is 14.4 Å². The highest BCUT2D eigenvalue weighted by Crippen LogP contribution is 2.59. The van der Waals surface area contributed by atoms with Crippen LogP contribution in [0.1, 0.15) is 27.2 Å². The summed E-state index contributed by atoms with van der Waals surface area (Å²) in [5.41, 5.74) is -0.532. The molecule has 0 aliphatic heterocycles. The maximum absolute atomic E-state index is 12.5. The Morgan fingerprint density at radius 3 is 2.05 bits per heavy atom. The molecule has 0 bridgehead atoms. The number of carboxylic acids is 1. The second-order valence-corrected chi connectivity index (χ2v) is 6.16. The third kappa shape index (κ3) is 3.11. The van der Waals surface area contributed by atoms with Gasteiger partial charge in [0.25, 0.3) is 0 Å². The van der Waals surface area contributed by atoms with Gasteiger partial charge in [0.05, 0.1) is 18.4 Å². The van der Waals surface area contributed by atoms with Crippen molar-refractivity contribution in [2.45, 2.75) is 27.2 Å². The van der Waals surface area contributed by atoms with Crippen LogP contribution in [0, 0.1) is 17.3 Å². The third-order valence-electron chi connectivity index (χ3n) is 3.99. The predicted octanol–water partition coefficient (Wildman–Crippen LogP) is 0.670. The Morgan fingerprint density at radius 2 is 1.70 bits per heavy atom. The van der Waals surface area contributed by atoms with Crippen LogP contribution in [-0.4, -0.2) is 59.9 Å². The lowest BCUT2D eigenvalue weighted by Gasteiger charge is -2.24. The molecular formula is C14H24N2O4. The smallest absolute Gasteiger partial charge is 0.307 e. The summed E-state index contributed by atoms with van der Waals surface area (Å²) in [5, 5.41) is 9.14. The zero-order valence-electron chi connectivity index (χ0n) is 12.8. The van der Waals surface area contributed by atoms with Crippen molar-refractivity contribution in [2.24, 2.45) is 17.3 Å². The minimum absolute atomic E-state index is 0.0125.